The van der Waals surface area contributed by atoms with Gasteiger partial charge in [-0.3, -0.25) is 19.2 Å². The Balaban J connectivity index is 1.33. The quantitative estimate of drug-likeness (QED) is 0.0955. The topological polar surface area (TPSA) is 168 Å². The first-order chi connectivity index (χ1) is 23.3. The van der Waals surface area contributed by atoms with E-state index in [1.807, 2.05) is 121 Å². The predicted molar refractivity (Wildman–Crippen MR) is 186 cm³/mol. The zero-order valence-electron chi connectivity index (χ0n) is 26.9. The number of hydrogen-bond acceptors (Lipinski definition) is 6. The number of carbonyl (C=O) groups excluding carboxylic acids is 4. The van der Waals surface area contributed by atoms with E-state index < -0.39 is 47.8 Å². The minimum absolute atomic E-state index is 0.0985. The summed E-state index contributed by atoms with van der Waals surface area (Å²) in [4.78, 5) is 52.6. The summed E-state index contributed by atoms with van der Waals surface area (Å²) in [5.41, 5.74) is 16.0. The number of nitrogens with two attached hydrogens (primary N) is 2. The zero-order chi connectivity index (χ0) is 34.1. The van der Waals surface area contributed by atoms with E-state index in [0.29, 0.717) is 12.8 Å². The van der Waals surface area contributed by atoms with Gasteiger partial charge in [0.2, 0.25) is 23.6 Å². The first-order valence-corrected chi connectivity index (χ1v) is 16.1. The molecule has 0 heterocycles. The molecule has 4 aromatic carbocycles. The number of nitrogens with one attached hydrogen (secondary N) is 4. The lowest BCUT2D eigenvalue weighted by atomic mass is 10.0. The molecule has 0 fully saturated rings. The molecule has 0 saturated heterocycles. The van der Waals surface area contributed by atoms with Gasteiger partial charge in [-0.25, -0.2) is 0 Å². The standard InChI is InChI=1S/C38H44N6O4/c39-31(23-27-13-5-1-6-14-27)35(45)43-33(25-29-17-9-3-10-18-29)37(47)41-21-22-42-38(48)34(26-30-19-11-4-12-20-30)44-36(46)32(40)24-28-15-7-2-8-16-28/h1-20,31-34H,21-26,39-40H2,(H,41,47)(H,42,48)(H,43,45)(H,44,46)/t31-,32-,33+,34+/m0/s1. The van der Waals surface area contributed by atoms with Crippen molar-refractivity contribution >= 4 is 23.6 Å². The second-order valence-electron chi connectivity index (χ2n) is 11.7. The van der Waals surface area contributed by atoms with Crippen LogP contribution in [0.2, 0.25) is 0 Å². The second-order valence-corrected chi connectivity index (χ2v) is 11.7. The van der Waals surface area contributed by atoms with Gasteiger partial charge in [-0.1, -0.05) is 121 Å². The number of amides is 4. The van der Waals surface area contributed by atoms with E-state index >= 15 is 0 Å². The molecule has 8 N–H and O–H groups in total. The fourth-order valence-corrected chi connectivity index (χ4v) is 5.21. The molecule has 10 nitrogen and oxygen atoms in total. The minimum Gasteiger partial charge on any atom is -0.353 e. The number of carbonyl (C=O) groups is 4. The van der Waals surface area contributed by atoms with Crippen LogP contribution in [0.5, 0.6) is 0 Å². The molecule has 0 saturated carbocycles. The van der Waals surface area contributed by atoms with E-state index in [-0.39, 0.29) is 25.9 Å². The monoisotopic (exact) mass is 648 g/mol. The summed E-state index contributed by atoms with van der Waals surface area (Å²) in [6.45, 7) is 0.197. The molecule has 4 aromatic rings. The largest absolute Gasteiger partial charge is 0.353 e. The molecule has 0 radical (unpaired) electrons. The lowest BCUT2D eigenvalue weighted by Crippen LogP contribution is -2.55. The Morgan fingerprint density at radius 3 is 0.979 bits per heavy atom. The van der Waals surface area contributed by atoms with Crippen LogP contribution in [0.25, 0.3) is 0 Å². The van der Waals surface area contributed by atoms with Gasteiger partial charge in [0.15, 0.2) is 0 Å². The third-order valence-electron chi connectivity index (χ3n) is 7.83. The Labute approximate surface area is 281 Å². The van der Waals surface area contributed by atoms with E-state index in [1.54, 1.807) is 0 Å². The normalized spacial score (nSPS) is 13.3. The van der Waals surface area contributed by atoms with Gasteiger partial charge in [0.05, 0.1) is 12.1 Å². The smallest absolute Gasteiger partial charge is 0.242 e. The van der Waals surface area contributed by atoms with E-state index in [2.05, 4.69) is 21.3 Å². The average molecular weight is 649 g/mol. The number of benzene rings is 4. The minimum atomic E-state index is -0.881. The van der Waals surface area contributed by atoms with E-state index in [9.17, 15) is 19.2 Å². The third kappa shape index (κ3) is 11.8. The molecular weight excluding hydrogens is 604 g/mol. The van der Waals surface area contributed by atoms with E-state index in [1.165, 1.54) is 0 Å². The van der Waals surface area contributed by atoms with Gasteiger partial charge in [-0.2, -0.15) is 0 Å². The van der Waals surface area contributed by atoms with Gasteiger partial charge in [0, 0.05) is 25.9 Å². The summed E-state index contributed by atoms with van der Waals surface area (Å²) in [6.07, 6.45) is 1.18. The predicted octanol–water partition coefficient (Wildman–Crippen LogP) is 1.81. The number of hydrogen-bond donors (Lipinski definition) is 6. The maximum absolute atomic E-state index is 13.3. The van der Waals surface area contributed by atoms with Crippen molar-refractivity contribution in [2.75, 3.05) is 13.1 Å². The Bertz CT molecular complexity index is 1470. The molecule has 0 bridgehead atoms. The highest BCUT2D eigenvalue weighted by atomic mass is 16.2. The van der Waals surface area contributed by atoms with Crippen LogP contribution < -0.4 is 32.7 Å². The van der Waals surface area contributed by atoms with Crippen molar-refractivity contribution in [2.24, 2.45) is 11.5 Å². The highest BCUT2D eigenvalue weighted by molar-refractivity contribution is 5.91. The van der Waals surface area contributed by atoms with Crippen molar-refractivity contribution in [3.63, 3.8) is 0 Å². The first-order valence-electron chi connectivity index (χ1n) is 16.1. The van der Waals surface area contributed by atoms with Gasteiger partial charge in [0.1, 0.15) is 12.1 Å². The van der Waals surface area contributed by atoms with Gasteiger partial charge in [-0.05, 0) is 35.1 Å². The molecular formula is C38H44N6O4. The summed E-state index contributed by atoms with van der Waals surface area (Å²) in [5.74, 6) is -1.69. The van der Waals surface area contributed by atoms with Crippen LogP contribution in [0.15, 0.2) is 121 Å². The average Bonchev–Trinajstić information content (AvgIpc) is 3.11. The maximum Gasteiger partial charge on any atom is 0.242 e. The van der Waals surface area contributed by atoms with Crippen molar-refractivity contribution < 1.29 is 19.2 Å². The summed E-state index contributed by atoms with van der Waals surface area (Å²) in [5, 5.41) is 11.2. The molecule has 48 heavy (non-hydrogen) atoms. The van der Waals surface area contributed by atoms with Gasteiger partial charge in [-0.15, -0.1) is 0 Å². The van der Waals surface area contributed by atoms with Crippen molar-refractivity contribution in [1.82, 2.24) is 21.3 Å². The Hall–Kier alpha value is -5.32. The molecule has 0 aliphatic heterocycles. The summed E-state index contributed by atoms with van der Waals surface area (Å²) < 4.78 is 0. The van der Waals surface area contributed by atoms with Crippen molar-refractivity contribution in [3.05, 3.63) is 144 Å². The Morgan fingerprint density at radius 2 is 0.688 bits per heavy atom. The Kier molecular flexibility index (Phi) is 13.9. The van der Waals surface area contributed by atoms with Gasteiger partial charge >= 0.3 is 0 Å². The molecule has 0 spiro atoms. The maximum atomic E-state index is 13.3. The van der Waals surface area contributed by atoms with Crippen LogP contribution in [0.3, 0.4) is 0 Å². The third-order valence-corrected chi connectivity index (χ3v) is 7.83. The summed E-state index contributed by atoms with van der Waals surface area (Å²) >= 11 is 0. The fraction of sp³-hybridized carbons (Fsp3) is 0.263. The van der Waals surface area contributed by atoms with Crippen molar-refractivity contribution in [2.45, 2.75) is 49.9 Å². The molecule has 4 amide bonds. The second kappa shape index (κ2) is 18.7. The molecule has 0 unspecified atom stereocenters. The highest BCUT2D eigenvalue weighted by Gasteiger charge is 2.26. The molecule has 4 rings (SSSR count). The van der Waals surface area contributed by atoms with Crippen molar-refractivity contribution in [1.29, 1.82) is 0 Å². The van der Waals surface area contributed by atoms with Crippen LogP contribution in [-0.2, 0) is 44.9 Å². The first kappa shape index (κ1) is 35.5. The lowest BCUT2D eigenvalue weighted by molar-refractivity contribution is -0.130. The van der Waals surface area contributed by atoms with Crippen LogP contribution >= 0.6 is 0 Å². The molecule has 250 valence electrons. The van der Waals surface area contributed by atoms with E-state index in [4.69, 9.17) is 11.5 Å². The van der Waals surface area contributed by atoms with Crippen LogP contribution in [-0.4, -0.2) is 60.9 Å². The summed E-state index contributed by atoms with van der Waals surface area (Å²) in [7, 11) is 0. The van der Waals surface area contributed by atoms with Gasteiger partial charge in [0.25, 0.3) is 0 Å². The molecule has 10 heteroatoms. The highest BCUT2D eigenvalue weighted by Crippen LogP contribution is 2.08. The van der Waals surface area contributed by atoms with Crippen LogP contribution in [0.1, 0.15) is 22.3 Å². The van der Waals surface area contributed by atoms with Crippen LogP contribution in [0, 0.1) is 0 Å². The lowest BCUT2D eigenvalue weighted by Gasteiger charge is -2.22. The molecule has 0 aromatic heterocycles. The zero-order valence-corrected chi connectivity index (χ0v) is 26.9. The molecule has 4 atom stereocenters. The Morgan fingerprint density at radius 1 is 0.417 bits per heavy atom. The SMILES string of the molecule is N[C@@H](Cc1ccccc1)C(=O)N[C@H](Cc1ccccc1)C(=O)NCCNC(=O)[C@@H](Cc1ccccc1)NC(=O)[C@@H](N)Cc1ccccc1. The fourth-order valence-electron chi connectivity index (χ4n) is 5.21. The summed E-state index contributed by atoms with van der Waals surface area (Å²) in [6, 6.07) is 34.1. The van der Waals surface area contributed by atoms with Crippen LogP contribution in [0.4, 0.5) is 0 Å². The van der Waals surface area contributed by atoms with E-state index in [0.717, 1.165) is 22.3 Å². The molecule has 0 aliphatic rings. The number of rotatable bonds is 17. The van der Waals surface area contributed by atoms with Crippen molar-refractivity contribution in [3.8, 4) is 0 Å². The van der Waals surface area contributed by atoms with Gasteiger partial charge < -0.3 is 32.7 Å². The molecule has 0 aliphatic carbocycles.